The molecule has 0 saturated heterocycles. The molecule has 1 aromatic heterocycles. The first-order chi connectivity index (χ1) is 10.1. The zero-order valence-corrected chi connectivity index (χ0v) is 13.7. The molecule has 2 aliphatic carbocycles. The third-order valence-electron chi connectivity index (χ3n) is 5.23. The van der Waals surface area contributed by atoms with Crippen LogP contribution in [0.4, 0.5) is 5.82 Å². The van der Waals surface area contributed by atoms with Gasteiger partial charge < -0.3 is 10.2 Å². The van der Waals surface area contributed by atoms with Crippen LogP contribution in [0.1, 0.15) is 56.7 Å². The minimum absolute atomic E-state index is 0.670. The number of aromatic nitrogens is 1. The van der Waals surface area contributed by atoms with Crippen molar-refractivity contribution in [3.05, 3.63) is 23.4 Å². The summed E-state index contributed by atoms with van der Waals surface area (Å²) < 4.78 is 0. The van der Waals surface area contributed by atoms with E-state index < -0.39 is 0 Å². The average Bonchev–Trinajstić information content (AvgIpc) is 3.30. The van der Waals surface area contributed by atoms with Gasteiger partial charge in [-0.1, -0.05) is 13.0 Å². The molecule has 1 heterocycles. The van der Waals surface area contributed by atoms with Crippen molar-refractivity contribution >= 4 is 5.82 Å². The minimum atomic E-state index is 0.670. The van der Waals surface area contributed by atoms with E-state index in [1.807, 2.05) is 0 Å². The summed E-state index contributed by atoms with van der Waals surface area (Å²) in [5.41, 5.74) is 2.52. The van der Waals surface area contributed by atoms with Crippen molar-refractivity contribution < 1.29 is 0 Å². The molecule has 0 atom stereocenters. The van der Waals surface area contributed by atoms with E-state index in [0.717, 1.165) is 24.3 Å². The van der Waals surface area contributed by atoms with Gasteiger partial charge in [0.05, 0.1) is 0 Å². The van der Waals surface area contributed by atoms with Crippen molar-refractivity contribution in [1.29, 1.82) is 0 Å². The standard InChI is InChI=1S/C18H29N3/c1-13-4-9-17(10-5-13)21(3)18-11-6-15(14(2)20-18)12-19-16-7-8-16/h6,11,13,16-17,19H,4-5,7-10,12H2,1-3H3. The van der Waals surface area contributed by atoms with Crippen LogP contribution in [0.3, 0.4) is 0 Å². The molecule has 1 aromatic rings. The van der Waals surface area contributed by atoms with Crippen molar-refractivity contribution in [1.82, 2.24) is 10.3 Å². The molecule has 0 amide bonds. The first-order valence-electron chi connectivity index (χ1n) is 8.56. The van der Waals surface area contributed by atoms with E-state index in [9.17, 15) is 0 Å². The molecule has 3 rings (SSSR count). The number of aryl methyl sites for hydroxylation is 1. The predicted molar refractivity (Wildman–Crippen MR) is 88.7 cm³/mol. The molecule has 116 valence electrons. The predicted octanol–water partition coefficient (Wildman–Crippen LogP) is 3.66. The van der Waals surface area contributed by atoms with Gasteiger partial charge in [0.15, 0.2) is 0 Å². The van der Waals surface area contributed by atoms with Crippen LogP contribution in [0, 0.1) is 12.8 Å². The van der Waals surface area contributed by atoms with E-state index in [4.69, 9.17) is 4.98 Å². The van der Waals surface area contributed by atoms with E-state index in [1.165, 1.54) is 49.8 Å². The van der Waals surface area contributed by atoms with E-state index in [-0.39, 0.29) is 0 Å². The van der Waals surface area contributed by atoms with Crippen LogP contribution in [-0.2, 0) is 6.54 Å². The summed E-state index contributed by atoms with van der Waals surface area (Å²) >= 11 is 0. The van der Waals surface area contributed by atoms with Gasteiger partial charge in [-0.3, -0.25) is 0 Å². The van der Waals surface area contributed by atoms with Crippen LogP contribution >= 0.6 is 0 Å². The second-order valence-corrected chi connectivity index (χ2v) is 7.09. The summed E-state index contributed by atoms with van der Waals surface area (Å²) in [5, 5.41) is 3.58. The fourth-order valence-corrected chi connectivity index (χ4v) is 3.32. The summed E-state index contributed by atoms with van der Waals surface area (Å²) in [7, 11) is 2.21. The quantitative estimate of drug-likeness (QED) is 0.896. The Labute approximate surface area is 129 Å². The highest BCUT2D eigenvalue weighted by molar-refractivity contribution is 5.42. The highest BCUT2D eigenvalue weighted by Gasteiger charge is 2.23. The van der Waals surface area contributed by atoms with E-state index in [1.54, 1.807) is 0 Å². The zero-order chi connectivity index (χ0) is 14.8. The molecule has 3 heteroatoms. The van der Waals surface area contributed by atoms with Crippen LogP contribution in [0.15, 0.2) is 12.1 Å². The fraction of sp³-hybridized carbons (Fsp3) is 0.722. The SMILES string of the molecule is Cc1nc(N(C)C2CCC(C)CC2)ccc1CNC1CC1. The van der Waals surface area contributed by atoms with Crippen LogP contribution < -0.4 is 10.2 Å². The molecule has 2 saturated carbocycles. The van der Waals surface area contributed by atoms with Crippen LogP contribution in [0.2, 0.25) is 0 Å². The Morgan fingerprint density at radius 2 is 1.86 bits per heavy atom. The van der Waals surface area contributed by atoms with E-state index >= 15 is 0 Å². The topological polar surface area (TPSA) is 28.2 Å². The third-order valence-corrected chi connectivity index (χ3v) is 5.23. The number of hydrogen-bond acceptors (Lipinski definition) is 3. The largest absolute Gasteiger partial charge is 0.357 e. The maximum atomic E-state index is 4.85. The summed E-state index contributed by atoms with van der Waals surface area (Å²) in [6.45, 7) is 5.49. The zero-order valence-electron chi connectivity index (χ0n) is 13.7. The fourth-order valence-electron chi connectivity index (χ4n) is 3.32. The Kier molecular flexibility index (Phi) is 4.48. The van der Waals surface area contributed by atoms with Crippen LogP contribution in [0.25, 0.3) is 0 Å². The summed E-state index contributed by atoms with van der Waals surface area (Å²) in [5.74, 6) is 2.04. The summed E-state index contributed by atoms with van der Waals surface area (Å²) in [6, 6.07) is 5.89. The van der Waals surface area contributed by atoms with Gasteiger partial charge in [0.1, 0.15) is 5.82 Å². The smallest absolute Gasteiger partial charge is 0.128 e. The van der Waals surface area contributed by atoms with Gasteiger partial charge in [-0.05, 0) is 63.0 Å². The van der Waals surface area contributed by atoms with E-state index in [0.29, 0.717) is 6.04 Å². The number of pyridine rings is 1. The molecule has 21 heavy (non-hydrogen) atoms. The van der Waals surface area contributed by atoms with Gasteiger partial charge >= 0.3 is 0 Å². The molecule has 2 aliphatic rings. The van der Waals surface area contributed by atoms with Crippen molar-refractivity contribution in [2.45, 2.75) is 71.0 Å². The maximum absolute atomic E-state index is 4.85. The molecule has 0 aliphatic heterocycles. The molecular weight excluding hydrogens is 258 g/mol. The second-order valence-electron chi connectivity index (χ2n) is 7.09. The highest BCUT2D eigenvalue weighted by Crippen LogP contribution is 2.29. The Hall–Kier alpha value is -1.09. The minimum Gasteiger partial charge on any atom is -0.357 e. The van der Waals surface area contributed by atoms with Crippen molar-refractivity contribution in [3.8, 4) is 0 Å². The van der Waals surface area contributed by atoms with Gasteiger partial charge in [-0.15, -0.1) is 0 Å². The van der Waals surface area contributed by atoms with Gasteiger partial charge in [-0.25, -0.2) is 4.98 Å². The van der Waals surface area contributed by atoms with Crippen LogP contribution in [0.5, 0.6) is 0 Å². The Bertz CT molecular complexity index is 473. The first kappa shape index (κ1) is 14.8. The number of rotatable bonds is 5. The highest BCUT2D eigenvalue weighted by atomic mass is 15.2. The number of anilines is 1. The van der Waals surface area contributed by atoms with E-state index in [2.05, 4.69) is 43.2 Å². The Morgan fingerprint density at radius 3 is 2.48 bits per heavy atom. The Morgan fingerprint density at radius 1 is 1.14 bits per heavy atom. The monoisotopic (exact) mass is 287 g/mol. The van der Waals surface area contributed by atoms with Gasteiger partial charge in [0.2, 0.25) is 0 Å². The lowest BCUT2D eigenvalue weighted by Gasteiger charge is -2.34. The van der Waals surface area contributed by atoms with Gasteiger partial charge in [0.25, 0.3) is 0 Å². The number of hydrogen-bond donors (Lipinski definition) is 1. The number of nitrogens with one attached hydrogen (secondary N) is 1. The lowest BCUT2D eigenvalue weighted by atomic mass is 9.87. The normalized spacial score (nSPS) is 25.9. The molecular formula is C18H29N3. The van der Waals surface area contributed by atoms with Crippen LogP contribution in [-0.4, -0.2) is 24.1 Å². The lowest BCUT2D eigenvalue weighted by Crippen LogP contribution is -2.35. The average molecular weight is 287 g/mol. The molecule has 0 radical (unpaired) electrons. The van der Waals surface area contributed by atoms with Crippen molar-refractivity contribution in [2.75, 3.05) is 11.9 Å². The molecule has 3 nitrogen and oxygen atoms in total. The first-order valence-corrected chi connectivity index (χ1v) is 8.56. The molecule has 0 aromatic carbocycles. The second kappa shape index (κ2) is 6.35. The van der Waals surface area contributed by atoms with Gasteiger partial charge in [0, 0.05) is 31.4 Å². The molecule has 0 spiro atoms. The third kappa shape index (κ3) is 3.76. The molecule has 0 bridgehead atoms. The lowest BCUT2D eigenvalue weighted by molar-refractivity contribution is 0.340. The molecule has 1 N–H and O–H groups in total. The maximum Gasteiger partial charge on any atom is 0.128 e. The number of nitrogens with zero attached hydrogens (tertiary/aromatic N) is 2. The summed E-state index contributed by atoms with van der Waals surface area (Å²) in [4.78, 5) is 7.25. The van der Waals surface area contributed by atoms with Crippen molar-refractivity contribution in [2.24, 2.45) is 5.92 Å². The van der Waals surface area contributed by atoms with Gasteiger partial charge in [-0.2, -0.15) is 0 Å². The molecule has 0 unspecified atom stereocenters. The molecule has 2 fully saturated rings. The summed E-state index contributed by atoms with van der Waals surface area (Å²) in [6.07, 6.45) is 8.02. The van der Waals surface area contributed by atoms with Crippen molar-refractivity contribution in [3.63, 3.8) is 0 Å². The Balaban J connectivity index is 1.62.